The molecule has 1 aliphatic heterocycles. The summed E-state index contributed by atoms with van der Waals surface area (Å²) in [6.07, 6.45) is 4.10. The number of hydrogen-bond donors (Lipinski definition) is 0. The van der Waals surface area contributed by atoms with Gasteiger partial charge in [0, 0.05) is 24.9 Å². The van der Waals surface area contributed by atoms with Crippen LogP contribution in [0.15, 0.2) is 18.2 Å². The van der Waals surface area contributed by atoms with Crippen molar-refractivity contribution < 1.29 is 13.9 Å². The van der Waals surface area contributed by atoms with Crippen molar-refractivity contribution in [1.82, 2.24) is 4.90 Å². The van der Waals surface area contributed by atoms with Gasteiger partial charge >= 0.3 is 0 Å². The molecule has 4 heteroatoms. The third-order valence-corrected chi connectivity index (χ3v) is 5.60. The summed E-state index contributed by atoms with van der Waals surface area (Å²) in [5.41, 5.74) is 0.960. The summed E-state index contributed by atoms with van der Waals surface area (Å²) in [5.74, 6) is 1.65. The minimum atomic E-state index is -0.329. The van der Waals surface area contributed by atoms with Crippen molar-refractivity contribution in [2.45, 2.75) is 51.5 Å². The first-order chi connectivity index (χ1) is 11.0. The third kappa shape index (κ3) is 3.36. The molecule has 2 fully saturated rings. The van der Waals surface area contributed by atoms with Gasteiger partial charge in [0.15, 0.2) is 11.6 Å². The number of carbonyl (C=O) groups is 1. The van der Waals surface area contributed by atoms with Crippen molar-refractivity contribution in [1.29, 1.82) is 0 Å². The molecule has 0 radical (unpaired) electrons. The summed E-state index contributed by atoms with van der Waals surface area (Å²) in [7, 11) is 1.47. The maximum Gasteiger partial charge on any atom is 0.223 e. The number of amides is 1. The second-order valence-electron chi connectivity index (χ2n) is 7.14. The van der Waals surface area contributed by atoms with E-state index >= 15 is 0 Å². The van der Waals surface area contributed by atoms with Crippen molar-refractivity contribution in [3.8, 4) is 5.75 Å². The molecule has 1 saturated carbocycles. The van der Waals surface area contributed by atoms with E-state index in [1.165, 1.54) is 20.0 Å². The lowest BCUT2D eigenvalue weighted by Gasteiger charge is -2.26. The van der Waals surface area contributed by atoms with E-state index in [2.05, 4.69) is 13.8 Å². The van der Waals surface area contributed by atoms with Gasteiger partial charge in [-0.1, -0.05) is 13.0 Å². The number of benzene rings is 1. The fraction of sp³-hybridized carbons (Fsp3) is 0.632. The summed E-state index contributed by atoms with van der Waals surface area (Å²) < 4.78 is 18.9. The highest BCUT2D eigenvalue weighted by Gasteiger charge is 2.37. The fourth-order valence-electron chi connectivity index (χ4n) is 3.88. The molecule has 126 valence electrons. The minimum absolute atomic E-state index is 0.127. The maximum absolute atomic E-state index is 13.9. The Balaban J connectivity index is 1.67. The number of nitrogens with zero attached hydrogens (tertiary/aromatic N) is 1. The first-order valence-electron chi connectivity index (χ1n) is 8.64. The second-order valence-corrected chi connectivity index (χ2v) is 7.14. The van der Waals surface area contributed by atoms with Crippen LogP contribution in [0.3, 0.4) is 0 Å². The quantitative estimate of drug-likeness (QED) is 0.822. The van der Waals surface area contributed by atoms with Crippen molar-refractivity contribution >= 4 is 5.91 Å². The summed E-state index contributed by atoms with van der Waals surface area (Å²) in [5, 5.41) is 0. The molecule has 0 bridgehead atoms. The van der Waals surface area contributed by atoms with Crippen molar-refractivity contribution in [3.63, 3.8) is 0 Å². The lowest BCUT2D eigenvalue weighted by Crippen LogP contribution is -2.36. The van der Waals surface area contributed by atoms with E-state index in [-0.39, 0.29) is 29.4 Å². The van der Waals surface area contributed by atoms with Gasteiger partial charge in [-0.2, -0.15) is 0 Å². The zero-order valence-electron chi connectivity index (χ0n) is 14.2. The van der Waals surface area contributed by atoms with Crippen LogP contribution in [0, 0.1) is 17.7 Å². The highest BCUT2D eigenvalue weighted by molar-refractivity contribution is 5.77. The predicted molar refractivity (Wildman–Crippen MR) is 88.0 cm³/mol. The van der Waals surface area contributed by atoms with Crippen molar-refractivity contribution in [3.05, 3.63) is 29.6 Å². The van der Waals surface area contributed by atoms with Gasteiger partial charge in [-0.05, 0) is 55.7 Å². The molecule has 0 spiro atoms. The Morgan fingerprint density at radius 2 is 2.13 bits per heavy atom. The van der Waals surface area contributed by atoms with Gasteiger partial charge in [0.2, 0.25) is 5.91 Å². The topological polar surface area (TPSA) is 29.5 Å². The Kier molecular flexibility index (Phi) is 4.60. The Bertz CT molecular complexity index is 585. The highest BCUT2D eigenvalue weighted by Crippen LogP contribution is 2.40. The van der Waals surface area contributed by atoms with E-state index in [1.807, 2.05) is 11.0 Å². The number of methoxy groups -OCH3 is 1. The molecule has 0 N–H and O–H groups in total. The smallest absolute Gasteiger partial charge is 0.223 e. The van der Waals surface area contributed by atoms with Crippen LogP contribution >= 0.6 is 0 Å². The van der Waals surface area contributed by atoms with E-state index in [0.717, 1.165) is 24.4 Å². The molecule has 3 unspecified atom stereocenters. The Hall–Kier alpha value is -1.58. The first kappa shape index (κ1) is 16.3. The first-order valence-corrected chi connectivity index (χ1v) is 8.64. The number of carbonyl (C=O) groups excluding carboxylic acids is 1. The Morgan fingerprint density at radius 1 is 1.39 bits per heavy atom. The van der Waals surface area contributed by atoms with Crippen LogP contribution in [0.25, 0.3) is 0 Å². The van der Waals surface area contributed by atoms with Gasteiger partial charge in [0.05, 0.1) is 7.11 Å². The molecule has 3 atom stereocenters. The zero-order valence-corrected chi connectivity index (χ0v) is 14.2. The van der Waals surface area contributed by atoms with Crippen molar-refractivity contribution in [2.75, 3.05) is 13.7 Å². The number of ether oxygens (including phenoxy) is 1. The molecule has 3 nitrogen and oxygen atoms in total. The van der Waals surface area contributed by atoms with Crippen LogP contribution in [0.1, 0.15) is 51.0 Å². The monoisotopic (exact) mass is 319 g/mol. The lowest BCUT2D eigenvalue weighted by molar-refractivity contribution is -0.132. The van der Waals surface area contributed by atoms with E-state index in [0.29, 0.717) is 12.3 Å². The number of rotatable bonds is 5. The van der Waals surface area contributed by atoms with Crippen LogP contribution in [-0.2, 0) is 4.79 Å². The molecule has 1 heterocycles. The van der Waals surface area contributed by atoms with Gasteiger partial charge < -0.3 is 9.64 Å². The number of halogens is 1. The standard InChI is InChI=1S/C19H26FNO2/c1-12(14-4-5-14)10-19(22)21-9-8-16(13(21)2)15-6-7-18(23-3)17(20)11-15/h6-7,11-14,16H,4-5,8-10H2,1-3H3. The molecule has 3 rings (SSSR count). The molecule has 1 amide bonds. The highest BCUT2D eigenvalue weighted by atomic mass is 19.1. The van der Waals surface area contributed by atoms with Gasteiger partial charge in [-0.3, -0.25) is 4.79 Å². The molecule has 2 aliphatic rings. The molecule has 0 aromatic heterocycles. The van der Waals surface area contributed by atoms with Crippen LogP contribution in [-0.4, -0.2) is 30.5 Å². The van der Waals surface area contributed by atoms with Crippen molar-refractivity contribution in [2.24, 2.45) is 11.8 Å². The van der Waals surface area contributed by atoms with E-state index in [1.54, 1.807) is 12.1 Å². The number of hydrogen-bond acceptors (Lipinski definition) is 2. The average molecular weight is 319 g/mol. The van der Waals surface area contributed by atoms with Gasteiger partial charge in [-0.25, -0.2) is 4.39 Å². The van der Waals surface area contributed by atoms with Gasteiger partial charge in [0.25, 0.3) is 0 Å². The second kappa shape index (κ2) is 6.50. The van der Waals surface area contributed by atoms with E-state index in [4.69, 9.17) is 4.74 Å². The SMILES string of the molecule is COc1ccc(C2CCN(C(=O)CC(C)C3CC3)C2C)cc1F. The lowest BCUT2D eigenvalue weighted by atomic mass is 9.92. The Labute approximate surface area is 137 Å². The molecular formula is C19H26FNO2. The van der Waals surface area contributed by atoms with Crippen LogP contribution < -0.4 is 4.74 Å². The predicted octanol–water partition coefficient (Wildman–Crippen LogP) is 3.97. The summed E-state index contributed by atoms with van der Waals surface area (Å²) in [6.45, 7) is 5.04. The largest absolute Gasteiger partial charge is 0.494 e. The zero-order chi connectivity index (χ0) is 16.6. The van der Waals surface area contributed by atoms with Crippen LogP contribution in [0.5, 0.6) is 5.75 Å². The molecular weight excluding hydrogens is 293 g/mol. The van der Waals surface area contributed by atoms with E-state index < -0.39 is 0 Å². The molecule has 1 aliphatic carbocycles. The number of likely N-dealkylation sites (tertiary alicyclic amines) is 1. The normalized spacial score (nSPS) is 25.5. The maximum atomic E-state index is 13.9. The van der Waals surface area contributed by atoms with Gasteiger partial charge in [-0.15, -0.1) is 0 Å². The molecule has 1 saturated heterocycles. The minimum Gasteiger partial charge on any atom is -0.494 e. The summed E-state index contributed by atoms with van der Waals surface area (Å²) in [4.78, 5) is 14.6. The third-order valence-electron chi connectivity index (χ3n) is 5.60. The average Bonchev–Trinajstić information content (AvgIpc) is 3.30. The molecule has 1 aromatic rings. The van der Waals surface area contributed by atoms with Crippen LogP contribution in [0.2, 0.25) is 0 Å². The molecule has 23 heavy (non-hydrogen) atoms. The van der Waals surface area contributed by atoms with Crippen LogP contribution in [0.4, 0.5) is 4.39 Å². The van der Waals surface area contributed by atoms with Gasteiger partial charge in [0.1, 0.15) is 0 Å². The Morgan fingerprint density at radius 3 is 2.74 bits per heavy atom. The fourth-order valence-corrected chi connectivity index (χ4v) is 3.88. The summed E-state index contributed by atoms with van der Waals surface area (Å²) in [6, 6.07) is 5.28. The molecule has 1 aromatic carbocycles. The summed E-state index contributed by atoms with van der Waals surface area (Å²) >= 11 is 0. The van der Waals surface area contributed by atoms with E-state index in [9.17, 15) is 9.18 Å².